The van der Waals surface area contributed by atoms with Crippen LogP contribution in [0.2, 0.25) is 15.1 Å². The second-order valence-corrected chi connectivity index (χ2v) is 7.78. The molecule has 134 valence electrons. The zero-order valence-corrected chi connectivity index (χ0v) is 16.8. The minimum Gasteiger partial charge on any atom is -0.487 e. The number of aryl methyl sites for hydroxylation is 1. The van der Waals surface area contributed by atoms with Gasteiger partial charge in [-0.2, -0.15) is 0 Å². The number of carbonyl (C=O) groups is 1. The lowest BCUT2D eigenvalue weighted by molar-refractivity contribution is 0.103. The van der Waals surface area contributed by atoms with Crippen LogP contribution in [0.4, 0.5) is 5.69 Å². The largest absolute Gasteiger partial charge is 0.487 e. The number of anilines is 1. The highest BCUT2D eigenvalue weighted by molar-refractivity contribution is 7.12. The molecule has 0 aliphatic carbocycles. The van der Waals surface area contributed by atoms with E-state index in [1.54, 1.807) is 30.3 Å². The van der Waals surface area contributed by atoms with E-state index in [1.165, 1.54) is 11.3 Å². The Kier molecular flexibility index (Phi) is 6.09. The molecule has 0 saturated carbocycles. The van der Waals surface area contributed by atoms with Crippen molar-refractivity contribution in [2.24, 2.45) is 0 Å². The third-order valence-electron chi connectivity index (χ3n) is 3.54. The number of hydrogen-bond acceptors (Lipinski definition) is 3. The van der Waals surface area contributed by atoms with Gasteiger partial charge in [0, 0.05) is 10.6 Å². The summed E-state index contributed by atoms with van der Waals surface area (Å²) in [4.78, 5) is 12.9. The van der Waals surface area contributed by atoms with Crippen molar-refractivity contribution in [3.8, 4) is 5.75 Å². The van der Waals surface area contributed by atoms with Crippen LogP contribution in [0.5, 0.6) is 5.75 Å². The summed E-state index contributed by atoms with van der Waals surface area (Å²) in [6.07, 6.45) is 0. The van der Waals surface area contributed by atoms with Crippen LogP contribution in [-0.4, -0.2) is 5.91 Å². The molecule has 0 spiro atoms. The van der Waals surface area contributed by atoms with Crippen molar-refractivity contribution in [2.75, 3.05) is 5.32 Å². The highest BCUT2D eigenvalue weighted by Gasteiger charge is 2.12. The number of hydrogen-bond donors (Lipinski definition) is 1. The summed E-state index contributed by atoms with van der Waals surface area (Å²) >= 11 is 19.4. The molecule has 0 aliphatic heterocycles. The maximum Gasteiger partial charge on any atom is 0.265 e. The van der Waals surface area contributed by atoms with Gasteiger partial charge >= 0.3 is 0 Å². The molecule has 1 N–H and O–H groups in total. The molecule has 2 aromatic carbocycles. The lowest BCUT2D eigenvalue weighted by atomic mass is 10.2. The zero-order valence-electron chi connectivity index (χ0n) is 13.7. The first-order valence-corrected chi connectivity index (χ1v) is 9.66. The van der Waals surface area contributed by atoms with Crippen LogP contribution < -0.4 is 10.1 Å². The molecule has 1 heterocycles. The molecule has 3 nitrogen and oxygen atoms in total. The van der Waals surface area contributed by atoms with Gasteiger partial charge in [0.25, 0.3) is 5.91 Å². The van der Waals surface area contributed by atoms with E-state index in [9.17, 15) is 4.79 Å². The van der Waals surface area contributed by atoms with Crippen LogP contribution in [0.3, 0.4) is 0 Å². The van der Waals surface area contributed by atoms with E-state index in [1.807, 2.05) is 24.4 Å². The summed E-state index contributed by atoms with van der Waals surface area (Å²) in [6, 6.07) is 12.3. The fourth-order valence-electron chi connectivity index (χ4n) is 2.23. The molecular formula is C19H14Cl3NO2S. The number of amides is 1. The van der Waals surface area contributed by atoms with Gasteiger partial charge in [-0.15, -0.1) is 11.3 Å². The molecule has 0 bridgehead atoms. The topological polar surface area (TPSA) is 38.3 Å². The van der Waals surface area contributed by atoms with Gasteiger partial charge in [-0.1, -0.05) is 40.9 Å². The first-order chi connectivity index (χ1) is 12.4. The number of thiophene rings is 1. The van der Waals surface area contributed by atoms with Crippen molar-refractivity contribution in [1.82, 2.24) is 0 Å². The fraction of sp³-hybridized carbons (Fsp3) is 0.105. The van der Waals surface area contributed by atoms with Crippen LogP contribution in [0.15, 0.2) is 47.8 Å². The first-order valence-electron chi connectivity index (χ1n) is 7.65. The molecule has 0 aliphatic rings. The normalized spacial score (nSPS) is 10.6. The second kappa shape index (κ2) is 8.31. The average Bonchev–Trinajstić information content (AvgIpc) is 3.07. The Labute approximate surface area is 170 Å². The molecule has 0 atom stereocenters. The molecule has 3 aromatic rings. The van der Waals surface area contributed by atoms with E-state index in [4.69, 9.17) is 39.5 Å². The smallest absolute Gasteiger partial charge is 0.265 e. The van der Waals surface area contributed by atoms with Gasteiger partial charge in [0.05, 0.1) is 20.6 Å². The highest BCUT2D eigenvalue weighted by atomic mass is 35.5. The molecule has 0 unspecified atom stereocenters. The first kappa shape index (κ1) is 19.1. The summed E-state index contributed by atoms with van der Waals surface area (Å²) < 4.78 is 5.75. The summed E-state index contributed by atoms with van der Waals surface area (Å²) in [5.41, 5.74) is 2.47. The Bertz CT molecular complexity index is 956. The number of carbonyl (C=O) groups excluding carboxylic acids is 1. The Morgan fingerprint density at radius 3 is 2.65 bits per heavy atom. The standard InChI is InChI=1S/C19H14Cl3NO2S/c1-11-2-4-14(21)17(6-11)25-9-12-7-18(26-10-12)19(24)23-16-5-3-13(20)8-15(16)22/h2-8,10H,9H2,1H3,(H,23,24). The van der Waals surface area contributed by atoms with Crippen molar-refractivity contribution in [1.29, 1.82) is 0 Å². The summed E-state index contributed by atoms with van der Waals surface area (Å²) in [5.74, 6) is 0.385. The number of halogens is 3. The van der Waals surface area contributed by atoms with Gasteiger partial charge in [-0.05, 0) is 54.3 Å². The maximum absolute atomic E-state index is 12.4. The van der Waals surface area contributed by atoms with Crippen molar-refractivity contribution in [2.45, 2.75) is 13.5 Å². The number of nitrogens with one attached hydrogen (secondary N) is 1. The Hall–Kier alpha value is -1.72. The van der Waals surface area contributed by atoms with E-state index >= 15 is 0 Å². The monoisotopic (exact) mass is 425 g/mol. The lowest BCUT2D eigenvalue weighted by Crippen LogP contribution is -2.10. The van der Waals surface area contributed by atoms with E-state index in [0.29, 0.717) is 38.0 Å². The molecule has 0 radical (unpaired) electrons. The minimum absolute atomic E-state index is 0.237. The van der Waals surface area contributed by atoms with Crippen LogP contribution in [-0.2, 0) is 6.61 Å². The van der Waals surface area contributed by atoms with Crippen molar-refractivity contribution in [3.05, 3.63) is 78.9 Å². The maximum atomic E-state index is 12.4. The van der Waals surface area contributed by atoms with Crippen LogP contribution in [0, 0.1) is 6.92 Å². The molecule has 3 rings (SSSR count). The molecule has 1 aromatic heterocycles. The van der Waals surface area contributed by atoms with E-state index < -0.39 is 0 Å². The lowest BCUT2D eigenvalue weighted by Gasteiger charge is -2.08. The van der Waals surface area contributed by atoms with E-state index in [2.05, 4.69) is 5.32 Å². The van der Waals surface area contributed by atoms with E-state index in [-0.39, 0.29) is 5.91 Å². The molecule has 0 fully saturated rings. The van der Waals surface area contributed by atoms with Crippen molar-refractivity contribution in [3.63, 3.8) is 0 Å². The summed E-state index contributed by atoms with van der Waals surface area (Å²) in [6.45, 7) is 2.30. The van der Waals surface area contributed by atoms with Crippen LogP contribution >= 0.6 is 46.1 Å². The SMILES string of the molecule is Cc1ccc(Cl)c(OCc2csc(C(=O)Nc3ccc(Cl)cc3Cl)c2)c1. The van der Waals surface area contributed by atoms with Crippen LogP contribution in [0.25, 0.3) is 0 Å². The molecule has 26 heavy (non-hydrogen) atoms. The summed E-state index contributed by atoms with van der Waals surface area (Å²) in [7, 11) is 0. The third-order valence-corrected chi connectivity index (χ3v) is 5.38. The van der Waals surface area contributed by atoms with Gasteiger partial charge in [0.15, 0.2) is 0 Å². The zero-order chi connectivity index (χ0) is 18.7. The van der Waals surface area contributed by atoms with Gasteiger partial charge in [-0.3, -0.25) is 4.79 Å². The number of rotatable bonds is 5. The van der Waals surface area contributed by atoms with E-state index in [0.717, 1.165) is 11.1 Å². The fourth-order valence-corrected chi connectivity index (χ4v) is 3.65. The molecule has 0 saturated heterocycles. The predicted octanol–water partition coefficient (Wildman–Crippen LogP) is 6.85. The van der Waals surface area contributed by atoms with Gasteiger partial charge in [-0.25, -0.2) is 0 Å². The van der Waals surface area contributed by atoms with Crippen LogP contribution in [0.1, 0.15) is 20.8 Å². The Balaban J connectivity index is 1.65. The Morgan fingerprint density at radius 1 is 1.08 bits per heavy atom. The van der Waals surface area contributed by atoms with Crippen molar-refractivity contribution < 1.29 is 9.53 Å². The molecule has 1 amide bonds. The number of ether oxygens (including phenoxy) is 1. The van der Waals surface area contributed by atoms with Gasteiger partial charge in [0.1, 0.15) is 12.4 Å². The molecular weight excluding hydrogens is 413 g/mol. The third kappa shape index (κ3) is 4.71. The Morgan fingerprint density at radius 2 is 1.88 bits per heavy atom. The predicted molar refractivity (Wildman–Crippen MR) is 109 cm³/mol. The second-order valence-electron chi connectivity index (χ2n) is 5.62. The van der Waals surface area contributed by atoms with Gasteiger partial charge in [0.2, 0.25) is 0 Å². The highest BCUT2D eigenvalue weighted by Crippen LogP contribution is 2.28. The van der Waals surface area contributed by atoms with Gasteiger partial charge < -0.3 is 10.1 Å². The summed E-state index contributed by atoms with van der Waals surface area (Å²) in [5, 5.41) is 6.11. The quantitative estimate of drug-likeness (QED) is 0.484. The minimum atomic E-state index is -0.237. The number of benzene rings is 2. The van der Waals surface area contributed by atoms with Crippen molar-refractivity contribution >= 4 is 57.7 Å². The average molecular weight is 427 g/mol. The molecule has 7 heteroatoms.